The van der Waals surface area contributed by atoms with E-state index in [0.29, 0.717) is 33.7 Å². The Morgan fingerprint density at radius 1 is 0.927 bits per heavy atom. The predicted octanol–water partition coefficient (Wildman–Crippen LogP) is 6.72. The van der Waals surface area contributed by atoms with Crippen molar-refractivity contribution in [3.63, 3.8) is 0 Å². The second kappa shape index (κ2) is 14.0. The number of nitrogens with two attached hydrogens (primary N) is 1. The van der Waals surface area contributed by atoms with Gasteiger partial charge in [0, 0.05) is 22.3 Å². The van der Waals surface area contributed by atoms with Crippen molar-refractivity contribution in [2.24, 2.45) is 11.1 Å². The summed E-state index contributed by atoms with van der Waals surface area (Å²) in [5, 5.41) is 4.26. The molecule has 0 spiro atoms. The summed E-state index contributed by atoms with van der Waals surface area (Å²) in [7, 11) is 2.67. The Kier molecular flexibility index (Phi) is 10.5. The number of oxime groups is 1. The Morgan fingerprint density at radius 3 is 2.02 bits per heavy atom. The number of allylic oxidation sites excluding steroid dienone is 1. The van der Waals surface area contributed by atoms with Crippen LogP contribution >= 0.6 is 0 Å². The lowest BCUT2D eigenvalue weighted by molar-refractivity contribution is -0.137. The predicted molar refractivity (Wildman–Crippen MR) is 147 cm³/mol. The first-order chi connectivity index (χ1) is 19.6. The van der Waals surface area contributed by atoms with Crippen LogP contribution in [0.3, 0.4) is 0 Å². The van der Waals surface area contributed by atoms with Gasteiger partial charge >= 0.3 is 12.1 Å². The molecular formula is C30H29F3N2O6. The number of esters is 1. The third-order valence-corrected chi connectivity index (χ3v) is 5.75. The van der Waals surface area contributed by atoms with E-state index in [-0.39, 0.29) is 23.7 Å². The zero-order chi connectivity index (χ0) is 30.0. The molecule has 216 valence electrons. The maximum Gasteiger partial charge on any atom is 0.416 e. The summed E-state index contributed by atoms with van der Waals surface area (Å²) in [5.41, 5.74) is 1.73. The molecule has 0 aliphatic rings. The molecule has 8 nitrogen and oxygen atoms in total. The zero-order valence-corrected chi connectivity index (χ0v) is 22.8. The summed E-state index contributed by atoms with van der Waals surface area (Å²) >= 11 is 0. The highest BCUT2D eigenvalue weighted by Gasteiger charge is 2.30. The van der Waals surface area contributed by atoms with Crippen LogP contribution in [-0.2, 0) is 30.1 Å². The molecule has 0 aliphatic heterocycles. The molecule has 3 aromatic rings. The van der Waals surface area contributed by atoms with Gasteiger partial charge in [-0.05, 0) is 62.4 Å². The maximum atomic E-state index is 12.8. The molecule has 0 atom stereocenters. The van der Waals surface area contributed by atoms with Gasteiger partial charge in [0.15, 0.2) is 5.76 Å². The van der Waals surface area contributed by atoms with Crippen LogP contribution in [0.15, 0.2) is 89.8 Å². The molecule has 0 saturated heterocycles. The van der Waals surface area contributed by atoms with Crippen molar-refractivity contribution in [2.75, 3.05) is 20.8 Å². The molecule has 0 saturated carbocycles. The Balaban J connectivity index is 2.01. The number of halogens is 3. The Bertz CT molecular complexity index is 1430. The normalized spacial score (nSPS) is 12.8. The van der Waals surface area contributed by atoms with E-state index in [0.717, 1.165) is 12.1 Å². The quantitative estimate of drug-likeness (QED) is 0.0898. The van der Waals surface area contributed by atoms with Crippen molar-refractivity contribution < 1.29 is 41.9 Å². The van der Waals surface area contributed by atoms with Crippen molar-refractivity contribution >= 4 is 23.0 Å². The van der Waals surface area contributed by atoms with E-state index in [1.165, 1.54) is 32.6 Å². The lowest BCUT2D eigenvalue weighted by atomic mass is 9.94. The molecule has 0 unspecified atom stereocenters. The van der Waals surface area contributed by atoms with Gasteiger partial charge in [0.2, 0.25) is 0 Å². The van der Waals surface area contributed by atoms with E-state index in [4.69, 9.17) is 29.8 Å². The number of methoxy groups -OCH3 is 2. The number of hydrogen-bond acceptors (Lipinski definition) is 8. The van der Waals surface area contributed by atoms with Gasteiger partial charge in [0.1, 0.15) is 29.4 Å². The van der Waals surface area contributed by atoms with E-state index in [9.17, 15) is 18.0 Å². The topological polar surface area (TPSA) is 102 Å². The lowest BCUT2D eigenvalue weighted by Crippen LogP contribution is -2.13. The average Bonchev–Trinajstić information content (AvgIpc) is 2.97. The van der Waals surface area contributed by atoms with E-state index >= 15 is 0 Å². The van der Waals surface area contributed by atoms with Crippen molar-refractivity contribution in [3.05, 3.63) is 107 Å². The Hall–Kier alpha value is -4.77. The first kappa shape index (κ1) is 30.8. The zero-order valence-electron chi connectivity index (χ0n) is 22.8. The standard InChI is InChI=1S/C30H29F3N2O6/c1-5-39-35-27(20-10-14-22(15-11-20)40-23-16-12-21(13-17-23)30(31,32)33)19(2)28(41-34)25-9-7-6-8-24(25)26(18-37-3)29(36)38-4/h6-18H,5,34H2,1-4H3. The monoisotopic (exact) mass is 570 g/mol. The van der Waals surface area contributed by atoms with Gasteiger partial charge in [-0.25, -0.2) is 4.79 Å². The van der Waals surface area contributed by atoms with Crippen LogP contribution in [0.25, 0.3) is 11.3 Å². The third-order valence-electron chi connectivity index (χ3n) is 5.75. The summed E-state index contributed by atoms with van der Waals surface area (Å²) < 4.78 is 54.3. The van der Waals surface area contributed by atoms with E-state index in [1.54, 1.807) is 62.4 Å². The number of hydrogen-bond donors (Lipinski definition) is 1. The molecule has 11 heteroatoms. The molecule has 3 aromatic carbocycles. The second-order valence-electron chi connectivity index (χ2n) is 8.38. The summed E-state index contributed by atoms with van der Waals surface area (Å²) in [6.07, 6.45) is -3.17. The second-order valence-corrected chi connectivity index (χ2v) is 8.38. The van der Waals surface area contributed by atoms with Gasteiger partial charge in [0.05, 0.1) is 26.0 Å². The summed E-state index contributed by atoms with van der Waals surface area (Å²) in [6.45, 7) is 3.78. The van der Waals surface area contributed by atoms with E-state index in [1.807, 2.05) is 0 Å². The minimum Gasteiger partial charge on any atom is -0.503 e. The number of ether oxygens (including phenoxy) is 3. The van der Waals surface area contributed by atoms with Gasteiger partial charge in [0.25, 0.3) is 0 Å². The fourth-order valence-corrected chi connectivity index (χ4v) is 3.82. The molecule has 0 heterocycles. The van der Waals surface area contributed by atoms with Gasteiger partial charge < -0.3 is 23.9 Å². The molecule has 0 bridgehead atoms. The maximum absolute atomic E-state index is 12.8. The molecule has 0 fully saturated rings. The molecular weight excluding hydrogens is 541 g/mol. The van der Waals surface area contributed by atoms with Crippen molar-refractivity contribution in [3.8, 4) is 11.5 Å². The highest BCUT2D eigenvalue weighted by Crippen LogP contribution is 2.33. The fraction of sp³-hybridized carbons (Fsp3) is 0.200. The van der Waals surface area contributed by atoms with Crippen molar-refractivity contribution in [2.45, 2.75) is 20.0 Å². The first-order valence-corrected chi connectivity index (χ1v) is 12.3. The number of carbonyl (C=O) groups is 1. The van der Waals surface area contributed by atoms with Crippen molar-refractivity contribution in [1.82, 2.24) is 0 Å². The first-order valence-electron chi connectivity index (χ1n) is 12.3. The van der Waals surface area contributed by atoms with Crippen LogP contribution in [0.5, 0.6) is 11.5 Å². The Labute approximate surface area is 235 Å². The molecule has 3 rings (SSSR count). The summed E-state index contributed by atoms with van der Waals surface area (Å²) in [5.74, 6) is 5.95. The highest BCUT2D eigenvalue weighted by atomic mass is 19.4. The van der Waals surface area contributed by atoms with Gasteiger partial charge in [-0.2, -0.15) is 19.1 Å². The third kappa shape index (κ3) is 7.67. The largest absolute Gasteiger partial charge is 0.503 e. The summed E-state index contributed by atoms with van der Waals surface area (Å²) in [4.78, 5) is 23.2. The van der Waals surface area contributed by atoms with E-state index < -0.39 is 17.7 Å². The van der Waals surface area contributed by atoms with Crippen LogP contribution in [0.1, 0.15) is 36.1 Å². The van der Waals surface area contributed by atoms with Gasteiger partial charge in [-0.3, -0.25) is 0 Å². The molecule has 0 radical (unpaired) electrons. The number of carbonyl (C=O) groups excluding carboxylic acids is 1. The molecule has 0 amide bonds. The van der Waals surface area contributed by atoms with Crippen LogP contribution in [0.4, 0.5) is 13.2 Å². The fourth-order valence-electron chi connectivity index (χ4n) is 3.82. The molecule has 2 N–H and O–H groups in total. The molecule has 41 heavy (non-hydrogen) atoms. The molecule has 0 aromatic heterocycles. The van der Waals surface area contributed by atoms with Crippen LogP contribution in [0, 0.1) is 0 Å². The van der Waals surface area contributed by atoms with Crippen LogP contribution in [-0.4, -0.2) is 32.5 Å². The lowest BCUT2D eigenvalue weighted by Gasteiger charge is -2.17. The number of nitrogens with zero attached hydrogens (tertiary/aromatic N) is 1. The number of benzene rings is 3. The van der Waals surface area contributed by atoms with E-state index in [2.05, 4.69) is 5.16 Å². The SMILES string of the molecule is CCON=C(C(C)=C(ON)c1ccccc1C(=COC)C(=O)OC)c1ccc(Oc2ccc(C(F)(F)F)cc2)cc1. The van der Waals surface area contributed by atoms with Crippen molar-refractivity contribution in [1.29, 1.82) is 0 Å². The summed E-state index contributed by atoms with van der Waals surface area (Å²) in [6, 6.07) is 17.9. The van der Waals surface area contributed by atoms with Crippen LogP contribution in [0.2, 0.25) is 0 Å². The minimum absolute atomic E-state index is 0.140. The van der Waals surface area contributed by atoms with Crippen LogP contribution < -0.4 is 10.6 Å². The highest BCUT2D eigenvalue weighted by molar-refractivity contribution is 6.19. The molecule has 0 aliphatic carbocycles. The number of rotatable bonds is 11. The Morgan fingerprint density at radius 2 is 1.51 bits per heavy atom. The van der Waals surface area contributed by atoms with Gasteiger partial charge in [-0.15, -0.1) is 0 Å². The minimum atomic E-state index is -4.44. The average molecular weight is 571 g/mol. The number of alkyl halides is 3. The van der Waals surface area contributed by atoms with Gasteiger partial charge in [-0.1, -0.05) is 29.4 Å². The smallest absolute Gasteiger partial charge is 0.416 e.